The average molecular weight is 484 g/mol. The maximum absolute atomic E-state index is 12.8. The number of rotatable bonds is 8. The molecule has 0 saturated heterocycles. The summed E-state index contributed by atoms with van der Waals surface area (Å²) in [6, 6.07) is 19.0. The number of benzene rings is 3. The number of hydrogen-bond donors (Lipinski definition) is 1. The van der Waals surface area contributed by atoms with Crippen molar-refractivity contribution in [2.45, 2.75) is 17.9 Å². The Kier molecular flexibility index (Phi) is 7.27. The van der Waals surface area contributed by atoms with Crippen molar-refractivity contribution in [1.29, 1.82) is 0 Å². The first-order valence-electron chi connectivity index (χ1n) is 10.00. The summed E-state index contributed by atoms with van der Waals surface area (Å²) in [5.74, 6) is -1.39. The summed E-state index contributed by atoms with van der Waals surface area (Å²) in [7, 11) is -2.71. The van der Waals surface area contributed by atoms with Crippen LogP contribution in [0.2, 0.25) is 0 Å². The number of carbonyl (C=O) groups is 2. The lowest BCUT2D eigenvalue weighted by atomic mass is 10.2. The highest BCUT2D eigenvalue weighted by Crippen LogP contribution is 2.24. The van der Waals surface area contributed by atoms with Crippen LogP contribution in [0.1, 0.15) is 17.3 Å². The topological polar surface area (TPSA) is 136 Å². The zero-order valence-corrected chi connectivity index (χ0v) is 19.1. The highest BCUT2D eigenvalue weighted by Gasteiger charge is 2.26. The van der Waals surface area contributed by atoms with E-state index < -0.39 is 38.6 Å². The normalized spacial score (nSPS) is 11.8. The van der Waals surface area contributed by atoms with Crippen molar-refractivity contribution < 1.29 is 27.7 Å². The van der Waals surface area contributed by atoms with E-state index in [0.717, 1.165) is 12.1 Å². The van der Waals surface area contributed by atoms with Crippen LogP contribution in [0.4, 0.5) is 17.1 Å². The molecule has 34 heavy (non-hydrogen) atoms. The van der Waals surface area contributed by atoms with Crippen LogP contribution in [0, 0.1) is 10.1 Å². The standard InChI is InChI=1S/C23H21N3O7S/c1-16(22(27)25(2)17-9-4-3-5-10-17)33-23(28)20-13-6-7-14-21(20)24-34(31,32)19-12-8-11-18(15-19)26(29)30/h3-16,24H,1-2H3. The summed E-state index contributed by atoms with van der Waals surface area (Å²) < 4.78 is 33.1. The molecule has 11 heteroatoms. The lowest BCUT2D eigenvalue weighted by Crippen LogP contribution is -2.37. The van der Waals surface area contributed by atoms with E-state index in [-0.39, 0.29) is 16.1 Å². The lowest BCUT2D eigenvalue weighted by Gasteiger charge is -2.22. The van der Waals surface area contributed by atoms with E-state index in [1.54, 1.807) is 37.4 Å². The molecule has 0 radical (unpaired) electrons. The molecule has 0 aromatic heterocycles. The molecule has 3 rings (SSSR count). The van der Waals surface area contributed by atoms with Crippen molar-refractivity contribution in [3.63, 3.8) is 0 Å². The summed E-state index contributed by atoms with van der Waals surface area (Å²) in [5.41, 5.74) is -0.0143. The Bertz CT molecular complexity index is 1330. The van der Waals surface area contributed by atoms with Gasteiger partial charge in [0, 0.05) is 24.9 Å². The van der Waals surface area contributed by atoms with Gasteiger partial charge >= 0.3 is 5.97 Å². The van der Waals surface area contributed by atoms with Crippen molar-refractivity contribution in [2.24, 2.45) is 0 Å². The van der Waals surface area contributed by atoms with Crippen LogP contribution < -0.4 is 9.62 Å². The third-order valence-electron chi connectivity index (χ3n) is 4.84. The number of ether oxygens (including phenoxy) is 1. The fourth-order valence-electron chi connectivity index (χ4n) is 3.04. The minimum atomic E-state index is -4.26. The van der Waals surface area contributed by atoms with Gasteiger partial charge in [-0.15, -0.1) is 0 Å². The van der Waals surface area contributed by atoms with Gasteiger partial charge in [-0.2, -0.15) is 0 Å². The molecular weight excluding hydrogens is 462 g/mol. The Hall–Kier alpha value is -4.25. The second kappa shape index (κ2) is 10.1. The van der Waals surface area contributed by atoms with Crippen LogP contribution in [0.25, 0.3) is 0 Å². The summed E-state index contributed by atoms with van der Waals surface area (Å²) in [6.07, 6.45) is -1.15. The molecular formula is C23H21N3O7S. The van der Waals surface area contributed by atoms with Gasteiger partial charge < -0.3 is 9.64 Å². The van der Waals surface area contributed by atoms with Crippen LogP contribution in [-0.2, 0) is 19.6 Å². The van der Waals surface area contributed by atoms with E-state index in [0.29, 0.717) is 5.69 Å². The van der Waals surface area contributed by atoms with Crippen molar-refractivity contribution in [3.8, 4) is 0 Å². The number of hydrogen-bond acceptors (Lipinski definition) is 7. The number of anilines is 2. The van der Waals surface area contributed by atoms with E-state index in [1.165, 1.54) is 48.2 Å². The second-order valence-electron chi connectivity index (χ2n) is 7.19. The molecule has 10 nitrogen and oxygen atoms in total. The van der Waals surface area contributed by atoms with Crippen LogP contribution >= 0.6 is 0 Å². The molecule has 3 aromatic carbocycles. The van der Waals surface area contributed by atoms with Crippen LogP contribution in [-0.4, -0.2) is 38.4 Å². The quantitative estimate of drug-likeness (QED) is 0.294. The van der Waals surface area contributed by atoms with E-state index in [1.807, 2.05) is 0 Å². The molecule has 1 atom stereocenters. The summed E-state index contributed by atoms with van der Waals surface area (Å²) in [4.78, 5) is 36.7. The zero-order valence-electron chi connectivity index (χ0n) is 18.2. The van der Waals surface area contributed by atoms with Crippen LogP contribution in [0.5, 0.6) is 0 Å². The zero-order chi connectivity index (χ0) is 24.9. The number of amides is 1. The summed E-state index contributed by atoms with van der Waals surface area (Å²) in [6.45, 7) is 1.41. The molecule has 0 aliphatic heterocycles. The molecule has 3 aromatic rings. The number of non-ortho nitro benzene ring substituents is 1. The molecule has 0 saturated carbocycles. The molecule has 0 aliphatic rings. The maximum Gasteiger partial charge on any atom is 0.341 e. The first kappa shape index (κ1) is 24.4. The van der Waals surface area contributed by atoms with Crippen molar-refractivity contribution in [3.05, 3.63) is 94.5 Å². The summed E-state index contributed by atoms with van der Waals surface area (Å²) >= 11 is 0. The lowest BCUT2D eigenvalue weighted by molar-refractivity contribution is -0.385. The molecule has 0 spiro atoms. The molecule has 1 unspecified atom stereocenters. The first-order chi connectivity index (χ1) is 16.1. The van der Waals surface area contributed by atoms with Gasteiger partial charge in [-0.3, -0.25) is 19.6 Å². The Morgan fingerprint density at radius 3 is 2.32 bits per heavy atom. The molecule has 0 fully saturated rings. The number of nitro benzene ring substituents is 1. The van der Waals surface area contributed by atoms with E-state index in [2.05, 4.69) is 4.72 Å². The predicted octanol–water partition coefficient (Wildman–Crippen LogP) is 3.60. The number of carbonyl (C=O) groups excluding carboxylic acids is 2. The Morgan fingerprint density at radius 2 is 1.65 bits per heavy atom. The van der Waals surface area contributed by atoms with Gasteiger partial charge in [0.2, 0.25) is 0 Å². The Balaban J connectivity index is 1.79. The Labute approximate surface area is 196 Å². The highest BCUT2D eigenvalue weighted by atomic mass is 32.2. The van der Waals surface area contributed by atoms with Gasteiger partial charge in [0.15, 0.2) is 6.10 Å². The highest BCUT2D eigenvalue weighted by molar-refractivity contribution is 7.92. The molecule has 1 amide bonds. The number of sulfonamides is 1. The smallest absolute Gasteiger partial charge is 0.341 e. The number of para-hydroxylation sites is 2. The van der Waals surface area contributed by atoms with E-state index >= 15 is 0 Å². The number of esters is 1. The van der Waals surface area contributed by atoms with E-state index in [9.17, 15) is 28.1 Å². The van der Waals surface area contributed by atoms with Gasteiger partial charge in [0.1, 0.15) is 0 Å². The number of nitro groups is 1. The average Bonchev–Trinajstić information content (AvgIpc) is 2.83. The van der Waals surface area contributed by atoms with Crippen molar-refractivity contribution in [2.75, 3.05) is 16.7 Å². The SMILES string of the molecule is CC(OC(=O)c1ccccc1NS(=O)(=O)c1cccc([N+](=O)[O-])c1)C(=O)N(C)c1ccccc1. The number of nitrogens with zero attached hydrogens (tertiary/aromatic N) is 2. The number of likely N-dealkylation sites (N-methyl/N-ethyl adjacent to an activating group) is 1. The minimum Gasteiger partial charge on any atom is -0.449 e. The van der Waals surface area contributed by atoms with Crippen molar-refractivity contribution in [1.82, 2.24) is 0 Å². The van der Waals surface area contributed by atoms with Gasteiger partial charge in [-0.05, 0) is 37.3 Å². The molecule has 0 aliphatic carbocycles. The van der Waals surface area contributed by atoms with E-state index in [4.69, 9.17) is 4.74 Å². The fraction of sp³-hybridized carbons (Fsp3) is 0.130. The van der Waals surface area contributed by atoms with Gasteiger partial charge in [-0.1, -0.05) is 36.4 Å². The molecule has 0 heterocycles. The third-order valence-corrected chi connectivity index (χ3v) is 6.20. The monoisotopic (exact) mass is 483 g/mol. The Morgan fingerprint density at radius 1 is 1.00 bits per heavy atom. The van der Waals surface area contributed by atoms with Crippen LogP contribution in [0.15, 0.2) is 83.8 Å². The second-order valence-corrected chi connectivity index (χ2v) is 8.87. The molecule has 1 N–H and O–H groups in total. The van der Waals surface area contributed by atoms with Gasteiger partial charge in [0.25, 0.3) is 21.6 Å². The van der Waals surface area contributed by atoms with Crippen molar-refractivity contribution >= 4 is 39.0 Å². The minimum absolute atomic E-state index is 0.102. The fourth-order valence-corrected chi connectivity index (χ4v) is 4.16. The predicted molar refractivity (Wildman–Crippen MR) is 125 cm³/mol. The van der Waals surface area contributed by atoms with Gasteiger partial charge in [-0.25, -0.2) is 13.2 Å². The van der Waals surface area contributed by atoms with Gasteiger partial charge in [0.05, 0.1) is 21.1 Å². The summed E-state index contributed by atoms with van der Waals surface area (Å²) in [5, 5.41) is 11.0. The first-order valence-corrected chi connectivity index (χ1v) is 11.5. The molecule has 176 valence electrons. The maximum atomic E-state index is 12.8. The largest absolute Gasteiger partial charge is 0.449 e. The molecule has 0 bridgehead atoms. The third kappa shape index (κ3) is 5.56. The van der Waals surface area contributed by atoms with Crippen LogP contribution in [0.3, 0.4) is 0 Å². The number of nitrogens with one attached hydrogen (secondary N) is 1.